The first-order chi connectivity index (χ1) is 17.4. The van der Waals surface area contributed by atoms with E-state index in [2.05, 4.69) is 64.1 Å². The third-order valence-electron chi connectivity index (χ3n) is 6.63. The molecule has 0 unspecified atom stereocenters. The molecule has 7 heteroatoms. The Kier molecular flexibility index (Phi) is 10.6. The van der Waals surface area contributed by atoms with E-state index in [1.54, 1.807) is 6.08 Å². The van der Waals surface area contributed by atoms with E-state index in [-0.39, 0.29) is 5.97 Å². The van der Waals surface area contributed by atoms with Gasteiger partial charge in [0.1, 0.15) is 12.5 Å². The Morgan fingerprint density at radius 2 is 1.83 bits per heavy atom. The van der Waals surface area contributed by atoms with Crippen molar-refractivity contribution in [3.8, 4) is 5.75 Å². The Morgan fingerprint density at radius 1 is 1.11 bits per heavy atom. The summed E-state index contributed by atoms with van der Waals surface area (Å²) < 4.78 is 13.9. The average molecular weight is 497 g/mol. The number of fused-ring (bicyclic) bond motifs is 3. The molecule has 0 saturated carbocycles. The molecule has 0 radical (unpaired) electrons. The van der Waals surface area contributed by atoms with Crippen LogP contribution < -0.4 is 4.74 Å². The fourth-order valence-corrected chi connectivity index (χ4v) is 4.81. The highest BCUT2D eigenvalue weighted by Gasteiger charge is 2.30. The summed E-state index contributed by atoms with van der Waals surface area (Å²) in [4.78, 5) is 20.3. The van der Waals surface area contributed by atoms with E-state index in [1.165, 1.54) is 0 Å². The second-order valence-electron chi connectivity index (χ2n) is 9.62. The number of aromatic nitrogens is 1. The van der Waals surface area contributed by atoms with Gasteiger partial charge in [-0.3, -0.25) is 9.80 Å². The number of ether oxygens (including phenoxy) is 2. The van der Waals surface area contributed by atoms with Crippen molar-refractivity contribution in [3.63, 3.8) is 0 Å². The van der Waals surface area contributed by atoms with Gasteiger partial charge >= 0.3 is 5.97 Å². The van der Waals surface area contributed by atoms with Gasteiger partial charge in [-0.15, -0.1) is 6.58 Å². The summed E-state index contributed by atoms with van der Waals surface area (Å²) in [6.07, 6.45) is 8.41. The molecule has 1 aromatic heterocycles. The first-order valence-corrected chi connectivity index (χ1v) is 13.2. The Hall–Kier alpha value is -2.61. The van der Waals surface area contributed by atoms with Crippen LogP contribution >= 0.6 is 0 Å². The van der Waals surface area contributed by atoms with Crippen LogP contribution in [-0.4, -0.2) is 78.8 Å². The molecule has 0 N–H and O–H groups in total. The molecule has 0 atom stereocenters. The highest BCUT2D eigenvalue weighted by molar-refractivity contribution is 6.08. The SMILES string of the molecule is C=CC.CCC/C=C\Cn1c(CN2CCN(C)CC2)c(C(=O)OCC)c2c3c(ccc21)OCN(C)C3. The number of hydrogen-bond acceptors (Lipinski definition) is 6. The zero-order chi connectivity index (χ0) is 26.1. The number of likely N-dealkylation sites (N-methyl/N-ethyl adjacent to an activating group) is 1. The lowest BCUT2D eigenvalue weighted by Crippen LogP contribution is -2.44. The van der Waals surface area contributed by atoms with Crippen molar-refractivity contribution in [2.24, 2.45) is 0 Å². The van der Waals surface area contributed by atoms with Gasteiger partial charge in [0.15, 0.2) is 0 Å². The number of rotatable bonds is 8. The summed E-state index contributed by atoms with van der Waals surface area (Å²) >= 11 is 0. The van der Waals surface area contributed by atoms with Gasteiger partial charge in [-0.1, -0.05) is 31.6 Å². The van der Waals surface area contributed by atoms with Crippen LogP contribution in [0, 0.1) is 0 Å². The normalized spacial score (nSPS) is 16.9. The highest BCUT2D eigenvalue weighted by Crippen LogP contribution is 2.38. The summed E-state index contributed by atoms with van der Waals surface area (Å²) in [5, 5.41) is 0.991. The Bertz CT molecular complexity index is 1050. The molecule has 2 aliphatic heterocycles. The first-order valence-electron chi connectivity index (χ1n) is 13.2. The van der Waals surface area contributed by atoms with E-state index in [9.17, 15) is 4.79 Å². The minimum absolute atomic E-state index is 0.232. The number of unbranched alkanes of at least 4 members (excludes halogenated alkanes) is 1. The molecule has 0 aliphatic carbocycles. The van der Waals surface area contributed by atoms with Crippen molar-refractivity contribution >= 4 is 16.9 Å². The molecule has 7 nitrogen and oxygen atoms in total. The molecule has 2 aliphatic rings. The fourth-order valence-electron chi connectivity index (χ4n) is 4.81. The number of benzene rings is 1. The van der Waals surface area contributed by atoms with E-state index in [4.69, 9.17) is 9.47 Å². The monoisotopic (exact) mass is 496 g/mol. The molecule has 0 bridgehead atoms. The van der Waals surface area contributed by atoms with Crippen molar-refractivity contribution in [2.45, 2.75) is 53.2 Å². The molecule has 0 amide bonds. The van der Waals surface area contributed by atoms with Crippen molar-refractivity contribution < 1.29 is 14.3 Å². The predicted octanol–water partition coefficient (Wildman–Crippen LogP) is 4.90. The zero-order valence-corrected chi connectivity index (χ0v) is 22.9. The molecule has 198 valence electrons. The van der Waals surface area contributed by atoms with Gasteiger partial charge in [0.25, 0.3) is 0 Å². The highest BCUT2D eigenvalue weighted by atomic mass is 16.5. The summed E-state index contributed by atoms with van der Waals surface area (Å²) in [5.74, 6) is 0.639. The van der Waals surface area contributed by atoms with E-state index >= 15 is 0 Å². The van der Waals surface area contributed by atoms with Crippen LogP contribution in [-0.2, 0) is 24.4 Å². The number of carbonyl (C=O) groups is 1. The van der Waals surface area contributed by atoms with Crippen molar-refractivity contribution in [3.05, 3.63) is 53.8 Å². The predicted molar refractivity (Wildman–Crippen MR) is 148 cm³/mol. The topological polar surface area (TPSA) is 50.2 Å². The largest absolute Gasteiger partial charge is 0.478 e. The smallest absolute Gasteiger partial charge is 0.340 e. The molecule has 0 spiro atoms. The van der Waals surface area contributed by atoms with Crippen LogP contribution in [0.5, 0.6) is 5.75 Å². The molecule has 2 aromatic rings. The molecule has 36 heavy (non-hydrogen) atoms. The van der Waals surface area contributed by atoms with Gasteiger partial charge in [-0.05, 0) is 46.5 Å². The maximum Gasteiger partial charge on any atom is 0.340 e. The van der Waals surface area contributed by atoms with Crippen LogP contribution in [0.2, 0.25) is 0 Å². The number of piperazine rings is 1. The van der Waals surface area contributed by atoms with E-state index in [0.717, 1.165) is 86.6 Å². The maximum atomic E-state index is 13.4. The van der Waals surface area contributed by atoms with Gasteiger partial charge in [-0.2, -0.15) is 0 Å². The molecular formula is C29H44N4O3. The Morgan fingerprint density at radius 3 is 2.50 bits per heavy atom. The van der Waals surface area contributed by atoms with Crippen molar-refractivity contribution in [1.82, 2.24) is 19.3 Å². The van der Waals surface area contributed by atoms with Gasteiger partial charge in [-0.25, -0.2) is 4.79 Å². The van der Waals surface area contributed by atoms with Crippen molar-refractivity contribution in [1.29, 1.82) is 0 Å². The third kappa shape index (κ3) is 6.58. The van der Waals surface area contributed by atoms with Gasteiger partial charge in [0.2, 0.25) is 0 Å². The van der Waals surface area contributed by atoms with E-state index < -0.39 is 0 Å². The van der Waals surface area contributed by atoms with Gasteiger partial charge < -0.3 is 18.9 Å². The second-order valence-corrected chi connectivity index (χ2v) is 9.62. The molecular weight excluding hydrogens is 452 g/mol. The standard InChI is InChI=1S/C26H38N4O3.C3H6/c1-5-7-8-9-12-30-21-10-11-23-20(17-28(4)19-33-23)24(21)25(26(31)32-6-2)22(30)18-29-15-13-27(3)14-16-29;1-3-2/h8-11H,5-7,12-19H2,1-4H3;3H,1H2,2H3/b9-8-;. The fraction of sp³-hybridized carbons (Fsp3) is 0.552. The summed E-state index contributed by atoms with van der Waals surface area (Å²) in [6, 6.07) is 4.18. The molecule has 4 rings (SSSR count). The van der Waals surface area contributed by atoms with Crippen LogP contribution in [0.4, 0.5) is 0 Å². The van der Waals surface area contributed by atoms with Crippen LogP contribution in [0.25, 0.3) is 10.9 Å². The number of hydrogen-bond donors (Lipinski definition) is 0. The Labute approximate surface area is 216 Å². The minimum Gasteiger partial charge on any atom is -0.478 e. The quantitative estimate of drug-likeness (QED) is 0.383. The minimum atomic E-state index is -0.232. The average Bonchev–Trinajstić information content (AvgIpc) is 3.17. The molecule has 1 fully saturated rings. The summed E-state index contributed by atoms with van der Waals surface area (Å²) in [6.45, 7) is 16.5. The van der Waals surface area contributed by atoms with Crippen LogP contribution in [0.3, 0.4) is 0 Å². The zero-order valence-electron chi connectivity index (χ0n) is 22.9. The lowest BCUT2D eigenvalue weighted by molar-refractivity contribution is 0.0524. The molecule has 3 heterocycles. The number of nitrogens with zero attached hydrogens (tertiary/aromatic N) is 4. The third-order valence-corrected chi connectivity index (χ3v) is 6.63. The lowest BCUT2D eigenvalue weighted by Gasteiger charge is -2.32. The number of esters is 1. The Balaban J connectivity index is 0.00000115. The van der Waals surface area contributed by atoms with Gasteiger partial charge in [0, 0.05) is 62.5 Å². The summed E-state index contributed by atoms with van der Waals surface area (Å²) in [5.41, 5.74) is 3.93. The van der Waals surface area contributed by atoms with Crippen molar-refractivity contribution in [2.75, 3.05) is 53.6 Å². The second kappa shape index (κ2) is 13.6. The van der Waals surface area contributed by atoms with Crippen LogP contribution in [0.1, 0.15) is 55.2 Å². The molecule has 1 aromatic carbocycles. The maximum absolute atomic E-state index is 13.4. The van der Waals surface area contributed by atoms with E-state index in [0.29, 0.717) is 18.9 Å². The lowest BCUT2D eigenvalue weighted by atomic mass is 10.0. The van der Waals surface area contributed by atoms with Crippen LogP contribution in [0.15, 0.2) is 36.9 Å². The van der Waals surface area contributed by atoms with Gasteiger partial charge in [0.05, 0.1) is 17.7 Å². The summed E-state index contributed by atoms with van der Waals surface area (Å²) in [7, 11) is 4.21. The number of allylic oxidation sites excluding steroid dienone is 3. The molecule has 1 saturated heterocycles. The first kappa shape index (κ1) is 28.0. The number of carbonyl (C=O) groups excluding carboxylic acids is 1. The van der Waals surface area contributed by atoms with E-state index in [1.807, 2.05) is 20.9 Å².